The van der Waals surface area contributed by atoms with Gasteiger partial charge in [0.2, 0.25) is 0 Å². The zero-order valence-corrected chi connectivity index (χ0v) is 10.7. The summed E-state index contributed by atoms with van der Waals surface area (Å²) in [6, 6.07) is 12.8. The van der Waals surface area contributed by atoms with Crippen LogP contribution in [-0.2, 0) is 0 Å². The molecule has 0 bridgehead atoms. The number of methoxy groups -OCH3 is 1. The Kier molecular flexibility index (Phi) is 2.96. The molecule has 0 aromatic heterocycles. The maximum Gasteiger partial charge on any atom is 0.119 e. The van der Waals surface area contributed by atoms with Crippen LogP contribution in [0.15, 0.2) is 36.4 Å². The molecule has 0 aliphatic heterocycles. The first kappa shape index (κ1) is 11.5. The zero-order chi connectivity index (χ0) is 12.5. The third-order valence-electron chi connectivity index (χ3n) is 3.78. The molecule has 0 amide bonds. The van der Waals surface area contributed by atoms with Crippen molar-refractivity contribution in [2.75, 3.05) is 7.11 Å². The van der Waals surface area contributed by atoms with Gasteiger partial charge in [-0.3, -0.25) is 0 Å². The zero-order valence-electron chi connectivity index (χ0n) is 10.7. The maximum absolute atomic E-state index is 6.26. The van der Waals surface area contributed by atoms with Crippen molar-refractivity contribution in [1.29, 1.82) is 0 Å². The van der Waals surface area contributed by atoms with Gasteiger partial charge in [-0.05, 0) is 46.9 Å². The molecular formula is C16H19NO. The van der Waals surface area contributed by atoms with Gasteiger partial charge in [0.25, 0.3) is 0 Å². The molecule has 1 saturated carbocycles. The first-order valence-electron chi connectivity index (χ1n) is 6.59. The number of nitrogens with two attached hydrogens (primary N) is 1. The van der Waals surface area contributed by atoms with Gasteiger partial charge in [0, 0.05) is 6.04 Å². The van der Waals surface area contributed by atoms with Crippen molar-refractivity contribution >= 4 is 10.8 Å². The first-order chi connectivity index (χ1) is 8.76. The summed E-state index contributed by atoms with van der Waals surface area (Å²) in [6.07, 6.45) is 3.85. The molecule has 0 unspecified atom stereocenters. The number of benzene rings is 2. The van der Waals surface area contributed by atoms with Crippen LogP contribution in [0.5, 0.6) is 5.75 Å². The van der Waals surface area contributed by atoms with Crippen molar-refractivity contribution in [3.05, 3.63) is 42.0 Å². The Bertz CT molecular complexity index is 560. The first-order valence-corrected chi connectivity index (χ1v) is 6.59. The van der Waals surface area contributed by atoms with Crippen molar-refractivity contribution < 1.29 is 4.74 Å². The Morgan fingerprint density at radius 3 is 2.61 bits per heavy atom. The van der Waals surface area contributed by atoms with Gasteiger partial charge in [0.05, 0.1) is 7.11 Å². The summed E-state index contributed by atoms with van der Waals surface area (Å²) in [7, 11) is 1.70. The maximum atomic E-state index is 6.26. The van der Waals surface area contributed by atoms with E-state index in [2.05, 4.69) is 30.3 Å². The summed E-state index contributed by atoms with van der Waals surface area (Å²) in [5.41, 5.74) is 7.51. The SMILES string of the molecule is COc1ccc2cc([C@H](N)CC3CC3)ccc2c1. The van der Waals surface area contributed by atoms with Crippen molar-refractivity contribution in [3.8, 4) is 5.75 Å². The fraction of sp³-hybridized carbons (Fsp3) is 0.375. The summed E-state index contributed by atoms with van der Waals surface area (Å²) in [5.74, 6) is 1.77. The average molecular weight is 241 g/mol. The number of fused-ring (bicyclic) bond motifs is 1. The third kappa shape index (κ3) is 2.34. The van der Waals surface area contributed by atoms with Crippen LogP contribution in [-0.4, -0.2) is 7.11 Å². The van der Waals surface area contributed by atoms with E-state index >= 15 is 0 Å². The largest absolute Gasteiger partial charge is 0.497 e. The lowest BCUT2D eigenvalue weighted by Gasteiger charge is -2.12. The Balaban J connectivity index is 1.90. The quantitative estimate of drug-likeness (QED) is 0.886. The molecule has 1 aliphatic rings. The van der Waals surface area contributed by atoms with E-state index in [-0.39, 0.29) is 6.04 Å². The third-order valence-corrected chi connectivity index (χ3v) is 3.78. The van der Waals surface area contributed by atoms with E-state index in [1.807, 2.05) is 6.07 Å². The second-order valence-electron chi connectivity index (χ2n) is 5.26. The minimum absolute atomic E-state index is 0.184. The predicted octanol–water partition coefficient (Wildman–Crippen LogP) is 3.65. The lowest BCUT2D eigenvalue weighted by atomic mass is 9.99. The normalized spacial score (nSPS) is 16.8. The van der Waals surface area contributed by atoms with Crippen LogP contribution in [0.3, 0.4) is 0 Å². The van der Waals surface area contributed by atoms with E-state index in [1.165, 1.54) is 29.2 Å². The van der Waals surface area contributed by atoms with E-state index in [0.717, 1.165) is 18.1 Å². The molecule has 2 aromatic carbocycles. The van der Waals surface area contributed by atoms with Crippen LogP contribution in [0.4, 0.5) is 0 Å². The summed E-state index contributed by atoms with van der Waals surface area (Å²) in [5, 5.41) is 2.44. The Hall–Kier alpha value is -1.54. The molecule has 0 heterocycles. The summed E-state index contributed by atoms with van der Waals surface area (Å²) in [4.78, 5) is 0. The van der Waals surface area contributed by atoms with Crippen LogP contribution >= 0.6 is 0 Å². The summed E-state index contributed by atoms with van der Waals surface area (Å²) in [6.45, 7) is 0. The molecule has 3 rings (SSSR count). The molecule has 1 fully saturated rings. The second-order valence-corrected chi connectivity index (χ2v) is 5.26. The van der Waals surface area contributed by atoms with Crippen molar-refractivity contribution in [1.82, 2.24) is 0 Å². The van der Waals surface area contributed by atoms with E-state index < -0.39 is 0 Å². The smallest absolute Gasteiger partial charge is 0.119 e. The van der Waals surface area contributed by atoms with Gasteiger partial charge >= 0.3 is 0 Å². The van der Waals surface area contributed by atoms with Gasteiger partial charge in [0.15, 0.2) is 0 Å². The molecule has 2 nitrogen and oxygen atoms in total. The van der Waals surface area contributed by atoms with Gasteiger partial charge < -0.3 is 10.5 Å². The second kappa shape index (κ2) is 4.62. The van der Waals surface area contributed by atoms with Gasteiger partial charge in [-0.2, -0.15) is 0 Å². The molecule has 1 aliphatic carbocycles. The van der Waals surface area contributed by atoms with Crippen molar-refractivity contribution in [2.24, 2.45) is 11.7 Å². The van der Waals surface area contributed by atoms with Gasteiger partial charge in [0.1, 0.15) is 5.75 Å². The van der Waals surface area contributed by atoms with Crippen molar-refractivity contribution in [2.45, 2.75) is 25.3 Å². The Morgan fingerprint density at radius 2 is 1.89 bits per heavy atom. The summed E-state index contributed by atoms with van der Waals surface area (Å²) >= 11 is 0. The molecular weight excluding hydrogens is 222 g/mol. The lowest BCUT2D eigenvalue weighted by Crippen LogP contribution is -2.10. The molecule has 2 N–H and O–H groups in total. The molecule has 94 valence electrons. The number of hydrogen-bond donors (Lipinski definition) is 1. The molecule has 0 radical (unpaired) electrons. The number of hydrogen-bond acceptors (Lipinski definition) is 2. The van der Waals surface area contributed by atoms with Crippen LogP contribution in [0.25, 0.3) is 10.8 Å². The highest BCUT2D eigenvalue weighted by Gasteiger charge is 2.24. The van der Waals surface area contributed by atoms with Crippen LogP contribution in [0, 0.1) is 5.92 Å². The molecule has 2 heteroatoms. The average Bonchev–Trinajstić information content (AvgIpc) is 3.21. The van der Waals surface area contributed by atoms with Gasteiger partial charge in [-0.15, -0.1) is 0 Å². The van der Waals surface area contributed by atoms with Gasteiger partial charge in [-0.25, -0.2) is 0 Å². The molecule has 18 heavy (non-hydrogen) atoms. The highest BCUT2D eigenvalue weighted by molar-refractivity contribution is 5.84. The Morgan fingerprint density at radius 1 is 1.17 bits per heavy atom. The van der Waals surface area contributed by atoms with E-state index in [9.17, 15) is 0 Å². The van der Waals surface area contributed by atoms with Crippen molar-refractivity contribution in [3.63, 3.8) is 0 Å². The van der Waals surface area contributed by atoms with Crippen LogP contribution in [0.2, 0.25) is 0 Å². The lowest BCUT2D eigenvalue weighted by molar-refractivity contribution is 0.415. The van der Waals surface area contributed by atoms with Crippen LogP contribution in [0.1, 0.15) is 30.9 Å². The van der Waals surface area contributed by atoms with E-state index in [0.29, 0.717) is 0 Å². The summed E-state index contributed by atoms with van der Waals surface area (Å²) < 4.78 is 5.24. The highest BCUT2D eigenvalue weighted by atomic mass is 16.5. The minimum atomic E-state index is 0.184. The van der Waals surface area contributed by atoms with Gasteiger partial charge in [-0.1, -0.05) is 31.0 Å². The van der Waals surface area contributed by atoms with E-state index in [1.54, 1.807) is 7.11 Å². The Labute approximate surface area is 108 Å². The number of rotatable bonds is 4. The minimum Gasteiger partial charge on any atom is -0.497 e. The molecule has 2 aromatic rings. The topological polar surface area (TPSA) is 35.2 Å². The molecule has 0 spiro atoms. The predicted molar refractivity (Wildman–Crippen MR) is 74.8 cm³/mol. The van der Waals surface area contributed by atoms with E-state index in [4.69, 9.17) is 10.5 Å². The standard InChI is InChI=1S/C16H19NO/c1-18-15-7-6-12-9-14(5-4-13(12)10-15)16(17)8-11-2-3-11/h4-7,9-11,16H,2-3,8,17H2,1H3/t16-/m1/s1. The molecule has 1 atom stereocenters. The monoisotopic (exact) mass is 241 g/mol. The fourth-order valence-corrected chi connectivity index (χ4v) is 2.45. The highest BCUT2D eigenvalue weighted by Crippen LogP contribution is 2.37. The van der Waals surface area contributed by atoms with Crippen LogP contribution < -0.4 is 10.5 Å². The molecule has 0 saturated heterocycles. The fourth-order valence-electron chi connectivity index (χ4n) is 2.45. The number of ether oxygens (including phenoxy) is 1.